The van der Waals surface area contributed by atoms with Crippen molar-refractivity contribution in [3.8, 4) is 0 Å². The third kappa shape index (κ3) is 5.39. The minimum absolute atomic E-state index is 0.267. The first kappa shape index (κ1) is 17.5. The molecule has 24 heavy (non-hydrogen) atoms. The summed E-state index contributed by atoms with van der Waals surface area (Å²) in [6.45, 7) is 7.30. The highest BCUT2D eigenvalue weighted by Gasteiger charge is 2.16. The average molecular weight is 327 g/mol. The van der Waals surface area contributed by atoms with Gasteiger partial charge in [0.1, 0.15) is 11.4 Å². The van der Waals surface area contributed by atoms with Gasteiger partial charge in [-0.05, 0) is 69.7 Å². The van der Waals surface area contributed by atoms with Crippen LogP contribution in [0.2, 0.25) is 0 Å². The Kier molecular flexibility index (Phi) is 5.18. The van der Waals surface area contributed by atoms with Gasteiger partial charge in [0.05, 0.1) is 0 Å². The van der Waals surface area contributed by atoms with Gasteiger partial charge in [0.15, 0.2) is 0 Å². The topological polar surface area (TPSA) is 80.3 Å². The van der Waals surface area contributed by atoms with E-state index in [1.165, 1.54) is 0 Å². The van der Waals surface area contributed by atoms with Crippen molar-refractivity contribution in [1.29, 1.82) is 0 Å². The van der Waals surface area contributed by atoms with Gasteiger partial charge >= 0.3 is 6.09 Å². The molecular formula is C18H21N3O3. The number of nitrogens with one attached hydrogen (secondary N) is 2. The van der Waals surface area contributed by atoms with E-state index in [2.05, 4.69) is 15.6 Å². The minimum Gasteiger partial charge on any atom is -0.444 e. The highest BCUT2D eigenvalue weighted by molar-refractivity contribution is 6.04. The van der Waals surface area contributed by atoms with Crippen LogP contribution in [0, 0.1) is 6.92 Å². The molecule has 0 aliphatic rings. The summed E-state index contributed by atoms with van der Waals surface area (Å²) in [5.74, 6) is 0.230. The lowest BCUT2D eigenvalue weighted by atomic mass is 10.2. The molecule has 2 rings (SSSR count). The summed E-state index contributed by atoms with van der Waals surface area (Å²) in [5, 5.41) is 5.34. The maximum Gasteiger partial charge on any atom is 0.412 e. The molecule has 0 spiro atoms. The zero-order valence-corrected chi connectivity index (χ0v) is 14.2. The number of ether oxygens (including phenoxy) is 1. The SMILES string of the molecule is Cc1ccnc(NC(=O)c2ccc(NC(=O)OC(C)(C)C)cc2)c1. The van der Waals surface area contributed by atoms with Crippen molar-refractivity contribution in [2.24, 2.45) is 0 Å². The molecule has 1 aromatic carbocycles. The molecule has 0 saturated heterocycles. The molecule has 126 valence electrons. The van der Waals surface area contributed by atoms with Crippen molar-refractivity contribution in [3.05, 3.63) is 53.7 Å². The number of carbonyl (C=O) groups is 2. The van der Waals surface area contributed by atoms with E-state index in [4.69, 9.17) is 4.74 Å². The van der Waals surface area contributed by atoms with Crippen molar-refractivity contribution < 1.29 is 14.3 Å². The van der Waals surface area contributed by atoms with Crippen LogP contribution in [0.3, 0.4) is 0 Å². The van der Waals surface area contributed by atoms with Crippen LogP contribution in [0.15, 0.2) is 42.6 Å². The molecule has 0 bridgehead atoms. The fourth-order valence-electron chi connectivity index (χ4n) is 1.92. The fourth-order valence-corrected chi connectivity index (χ4v) is 1.92. The lowest BCUT2D eigenvalue weighted by Crippen LogP contribution is -2.27. The van der Waals surface area contributed by atoms with E-state index < -0.39 is 11.7 Å². The largest absolute Gasteiger partial charge is 0.444 e. The molecule has 6 nitrogen and oxygen atoms in total. The normalized spacial score (nSPS) is 10.8. The van der Waals surface area contributed by atoms with Gasteiger partial charge in [-0.3, -0.25) is 10.1 Å². The molecule has 0 fully saturated rings. The molecule has 0 radical (unpaired) electrons. The van der Waals surface area contributed by atoms with Crippen LogP contribution in [0.5, 0.6) is 0 Å². The van der Waals surface area contributed by atoms with Crippen molar-refractivity contribution in [1.82, 2.24) is 4.98 Å². The summed E-state index contributed by atoms with van der Waals surface area (Å²) in [6.07, 6.45) is 1.10. The smallest absolute Gasteiger partial charge is 0.412 e. The van der Waals surface area contributed by atoms with Crippen LogP contribution in [0.25, 0.3) is 0 Å². The Labute approximate surface area is 141 Å². The van der Waals surface area contributed by atoms with Gasteiger partial charge in [-0.15, -0.1) is 0 Å². The molecule has 0 unspecified atom stereocenters. The van der Waals surface area contributed by atoms with Gasteiger partial charge < -0.3 is 10.1 Å². The number of benzene rings is 1. The van der Waals surface area contributed by atoms with E-state index in [1.54, 1.807) is 57.3 Å². The Morgan fingerprint density at radius 1 is 1.04 bits per heavy atom. The molecule has 6 heteroatoms. The first-order valence-electron chi connectivity index (χ1n) is 7.57. The van der Waals surface area contributed by atoms with Gasteiger partial charge in [0.2, 0.25) is 0 Å². The third-order valence-electron chi connectivity index (χ3n) is 2.95. The summed E-state index contributed by atoms with van der Waals surface area (Å²) >= 11 is 0. The standard InChI is InChI=1S/C18H21N3O3/c1-12-9-10-19-15(11-12)21-16(22)13-5-7-14(8-6-13)20-17(23)24-18(2,3)4/h5-11H,1-4H3,(H,20,23)(H,19,21,22). The summed E-state index contributed by atoms with van der Waals surface area (Å²) in [4.78, 5) is 28.0. The van der Waals surface area contributed by atoms with E-state index in [0.29, 0.717) is 17.1 Å². The Hall–Kier alpha value is -2.89. The van der Waals surface area contributed by atoms with E-state index in [9.17, 15) is 9.59 Å². The first-order chi connectivity index (χ1) is 11.2. The highest BCUT2D eigenvalue weighted by atomic mass is 16.6. The molecular weight excluding hydrogens is 306 g/mol. The number of carbonyl (C=O) groups excluding carboxylic acids is 2. The Balaban J connectivity index is 1.98. The lowest BCUT2D eigenvalue weighted by Gasteiger charge is -2.19. The zero-order valence-electron chi connectivity index (χ0n) is 14.2. The molecule has 2 amide bonds. The molecule has 0 aliphatic carbocycles. The van der Waals surface area contributed by atoms with Crippen LogP contribution >= 0.6 is 0 Å². The van der Waals surface area contributed by atoms with Crippen LogP contribution in [0.1, 0.15) is 36.7 Å². The minimum atomic E-state index is -0.565. The molecule has 1 heterocycles. The fraction of sp³-hybridized carbons (Fsp3) is 0.278. The summed E-state index contributed by atoms with van der Waals surface area (Å²) < 4.78 is 5.17. The maximum atomic E-state index is 12.2. The predicted molar refractivity (Wildman–Crippen MR) is 93.2 cm³/mol. The number of amides is 2. The van der Waals surface area contributed by atoms with Gasteiger partial charge in [0.25, 0.3) is 5.91 Å². The van der Waals surface area contributed by atoms with E-state index in [-0.39, 0.29) is 5.91 Å². The molecule has 0 saturated carbocycles. The van der Waals surface area contributed by atoms with Crippen LogP contribution in [-0.4, -0.2) is 22.6 Å². The number of aryl methyl sites for hydroxylation is 1. The number of aromatic nitrogens is 1. The summed E-state index contributed by atoms with van der Waals surface area (Å²) in [6, 6.07) is 10.2. The first-order valence-corrected chi connectivity index (χ1v) is 7.57. The Bertz CT molecular complexity index is 734. The third-order valence-corrected chi connectivity index (χ3v) is 2.95. The second-order valence-corrected chi connectivity index (χ2v) is 6.38. The Morgan fingerprint density at radius 2 is 1.71 bits per heavy atom. The lowest BCUT2D eigenvalue weighted by molar-refractivity contribution is 0.0636. The Morgan fingerprint density at radius 3 is 2.29 bits per heavy atom. The van der Waals surface area contributed by atoms with Gasteiger partial charge in [-0.25, -0.2) is 9.78 Å². The van der Waals surface area contributed by atoms with Gasteiger partial charge in [0, 0.05) is 17.4 Å². The quantitative estimate of drug-likeness (QED) is 0.893. The van der Waals surface area contributed by atoms with Crippen molar-refractivity contribution in [3.63, 3.8) is 0 Å². The molecule has 0 aliphatic heterocycles. The van der Waals surface area contributed by atoms with Gasteiger partial charge in [-0.2, -0.15) is 0 Å². The van der Waals surface area contributed by atoms with Crippen molar-refractivity contribution in [2.75, 3.05) is 10.6 Å². The predicted octanol–water partition coefficient (Wildman–Crippen LogP) is 3.99. The van der Waals surface area contributed by atoms with Crippen molar-refractivity contribution >= 4 is 23.5 Å². The number of hydrogen-bond acceptors (Lipinski definition) is 4. The highest BCUT2D eigenvalue weighted by Crippen LogP contribution is 2.14. The van der Waals surface area contributed by atoms with Gasteiger partial charge in [-0.1, -0.05) is 0 Å². The molecule has 1 aromatic heterocycles. The van der Waals surface area contributed by atoms with Crippen LogP contribution in [-0.2, 0) is 4.74 Å². The number of hydrogen-bond donors (Lipinski definition) is 2. The second kappa shape index (κ2) is 7.12. The number of anilines is 2. The number of nitrogens with zero attached hydrogens (tertiary/aromatic N) is 1. The summed E-state index contributed by atoms with van der Waals surface area (Å²) in [5.41, 5.74) is 1.46. The second-order valence-electron chi connectivity index (χ2n) is 6.38. The average Bonchev–Trinajstić information content (AvgIpc) is 2.45. The molecule has 2 aromatic rings. The maximum absolute atomic E-state index is 12.2. The number of pyridine rings is 1. The molecule has 0 atom stereocenters. The molecule has 2 N–H and O–H groups in total. The van der Waals surface area contributed by atoms with E-state index in [0.717, 1.165) is 5.56 Å². The number of rotatable bonds is 3. The van der Waals surface area contributed by atoms with Crippen LogP contribution < -0.4 is 10.6 Å². The monoisotopic (exact) mass is 327 g/mol. The van der Waals surface area contributed by atoms with E-state index in [1.807, 2.05) is 13.0 Å². The summed E-state index contributed by atoms with van der Waals surface area (Å²) in [7, 11) is 0. The van der Waals surface area contributed by atoms with E-state index >= 15 is 0 Å². The van der Waals surface area contributed by atoms with Crippen LogP contribution in [0.4, 0.5) is 16.3 Å². The zero-order chi connectivity index (χ0) is 17.7. The van der Waals surface area contributed by atoms with Crippen molar-refractivity contribution in [2.45, 2.75) is 33.3 Å².